The quantitative estimate of drug-likeness (QED) is 0.887. The van der Waals surface area contributed by atoms with Crippen LogP contribution in [0.25, 0.3) is 0 Å². The fourth-order valence-corrected chi connectivity index (χ4v) is 2.74. The summed E-state index contributed by atoms with van der Waals surface area (Å²) in [5.74, 6) is -1.71. The van der Waals surface area contributed by atoms with Crippen LogP contribution in [-0.2, 0) is 0 Å². The molecule has 0 spiro atoms. The van der Waals surface area contributed by atoms with Gasteiger partial charge in [-0.25, -0.2) is 9.59 Å². The van der Waals surface area contributed by atoms with Crippen LogP contribution in [0.2, 0.25) is 0 Å². The van der Waals surface area contributed by atoms with E-state index >= 15 is 0 Å². The molecular formula is C18H18O5. The minimum absolute atomic E-state index is 0.00447. The fourth-order valence-electron chi connectivity index (χ4n) is 2.74. The minimum atomic E-state index is -1.22. The van der Waals surface area contributed by atoms with Crippen LogP contribution in [0.3, 0.4) is 0 Å². The van der Waals surface area contributed by atoms with Crippen LogP contribution in [0, 0.1) is 27.7 Å². The second-order valence-electron chi connectivity index (χ2n) is 5.60. The first-order valence-electron chi connectivity index (χ1n) is 7.07. The molecule has 120 valence electrons. The second-order valence-corrected chi connectivity index (χ2v) is 5.60. The van der Waals surface area contributed by atoms with Gasteiger partial charge in [0.15, 0.2) is 0 Å². The molecule has 0 saturated carbocycles. The highest BCUT2D eigenvalue weighted by Gasteiger charge is 2.23. The van der Waals surface area contributed by atoms with E-state index in [4.69, 9.17) is 4.74 Å². The van der Waals surface area contributed by atoms with Crippen molar-refractivity contribution in [2.75, 3.05) is 0 Å². The highest BCUT2D eigenvalue weighted by atomic mass is 16.5. The van der Waals surface area contributed by atoms with Gasteiger partial charge in [-0.05, 0) is 68.1 Å². The first kappa shape index (κ1) is 16.5. The standard InChI is InChI=1S/C18H18O5/c1-9-5-10(2)7-13(6-9)23-14-8-11(3)15(17(19)20)12(4)16(14)18(21)22/h5-8H,1-4H3,(H,19,20)(H,21,22). The van der Waals surface area contributed by atoms with Gasteiger partial charge in [0.25, 0.3) is 0 Å². The lowest BCUT2D eigenvalue weighted by atomic mass is 9.96. The summed E-state index contributed by atoms with van der Waals surface area (Å²) >= 11 is 0. The first-order valence-corrected chi connectivity index (χ1v) is 7.07. The molecule has 2 rings (SSSR count). The van der Waals surface area contributed by atoms with E-state index in [1.54, 1.807) is 19.1 Å². The Bertz CT molecular complexity index is 785. The van der Waals surface area contributed by atoms with Crippen LogP contribution < -0.4 is 4.74 Å². The van der Waals surface area contributed by atoms with Crippen molar-refractivity contribution in [3.63, 3.8) is 0 Å². The zero-order valence-electron chi connectivity index (χ0n) is 13.4. The normalized spacial score (nSPS) is 10.4. The Morgan fingerprint density at radius 3 is 1.83 bits per heavy atom. The molecule has 2 aromatic rings. The van der Waals surface area contributed by atoms with Crippen molar-refractivity contribution >= 4 is 11.9 Å². The fraction of sp³-hybridized carbons (Fsp3) is 0.222. The van der Waals surface area contributed by atoms with E-state index in [9.17, 15) is 19.8 Å². The molecule has 23 heavy (non-hydrogen) atoms. The Morgan fingerprint density at radius 1 is 0.826 bits per heavy atom. The maximum atomic E-state index is 11.6. The van der Waals surface area contributed by atoms with Gasteiger partial charge in [0.2, 0.25) is 0 Å². The van der Waals surface area contributed by atoms with Gasteiger partial charge in [0.1, 0.15) is 17.1 Å². The van der Waals surface area contributed by atoms with Crippen molar-refractivity contribution in [1.82, 2.24) is 0 Å². The van der Waals surface area contributed by atoms with Crippen LogP contribution >= 0.6 is 0 Å². The number of carboxylic acid groups (broad SMARTS) is 2. The number of aromatic carboxylic acids is 2. The molecule has 0 radical (unpaired) electrons. The van der Waals surface area contributed by atoms with Crippen molar-refractivity contribution in [1.29, 1.82) is 0 Å². The number of ether oxygens (including phenoxy) is 1. The van der Waals surface area contributed by atoms with Gasteiger partial charge in [0, 0.05) is 0 Å². The SMILES string of the molecule is Cc1cc(C)cc(Oc2cc(C)c(C(=O)O)c(C)c2C(=O)O)c1. The number of carboxylic acids is 2. The topological polar surface area (TPSA) is 83.8 Å². The van der Waals surface area contributed by atoms with Crippen LogP contribution in [0.15, 0.2) is 24.3 Å². The molecule has 2 aromatic carbocycles. The molecule has 0 heterocycles. The zero-order chi connectivity index (χ0) is 17.3. The van der Waals surface area contributed by atoms with E-state index in [1.165, 1.54) is 13.0 Å². The van der Waals surface area contributed by atoms with Crippen molar-refractivity contribution in [3.05, 3.63) is 57.6 Å². The molecule has 0 unspecified atom stereocenters. The summed E-state index contributed by atoms with van der Waals surface area (Å²) in [4.78, 5) is 22.9. The third-order valence-electron chi connectivity index (χ3n) is 3.59. The molecule has 0 atom stereocenters. The summed E-state index contributed by atoms with van der Waals surface area (Å²) in [5.41, 5.74) is 2.49. The van der Waals surface area contributed by atoms with Crippen LogP contribution in [-0.4, -0.2) is 22.2 Å². The number of benzene rings is 2. The molecule has 2 N–H and O–H groups in total. The summed E-state index contributed by atoms with van der Waals surface area (Å²) in [6, 6.07) is 7.04. The predicted octanol–water partition coefficient (Wildman–Crippen LogP) is 4.11. The Labute approximate surface area is 134 Å². The lowest BCUT2D eigenvalue weighted by Crippen LogP contribution is -2.11. The molecule has 0 fully saturated rings. The average molecular weight is 314 g/mol. The molecule has 5 heteroatoms. The molecule has 0 saturated heterocycles. The van der Waals surface area contributed by atoms with Gasteiger partial charge in [-0.15, -0.1) is 0 Å². The first-order chi connectivity index (χ1) is 10.7. The Morgan fingerprint density at radius 2 is 1.35 bits per heavy atom. The third kappa shape index (κ3) is 3.34. The number of aryl methyl sites for hydroxylation is 3. The van der Waals surface area contributed by atoms with Crippen molar-refractivity contribution < 1.29 is 24.5 Å². The van der Waals surface area contributed by atoms with E-state index in [1.807, 2.05) is 19.9 Å². The molecule has 0 bridgehead atoms. The van der Waals surface area contributed by atoms with Crippen LogP contribution in [0.5, 0.6) is 11.5 Å². The highest BCUT2D eigenvalue weighted by molar-refractivity contribution is 5.99. The van der Waals surface area contributed by atoms with Gasteiger partial charge < -0.3 is 14.9 Å². The lowest BCUT2D eigenvalue weighted by molar-refractivity contribution is 0.0693. The molecule has 0 aliphatic heterocycles. The Kier molecular flexibility index (Phi) is 4.40. The van der Waals surface area contributed by atoms with Gasteiger partial charge >= 0.3 is 11.9 Å². The smallest absolute Gasteiger partial charge is 0.339 e. The zero-order valence-corrected chi connectivity index (χ0v) is 13.4. The lowest BCUT2D eigenvalue weighted by Gasteiger charge is -2.15. The highest BCUT2D eigenvalue weighted by Crippen LogP contribution is 2.32. The van der Waals surface area contributed by atoms with Crippen LogP contribution in [0.4, 0.5) is 0 Å². The van der Waals surface area contributed by atoms with Crippen LogP contribution in [0.1, 0.15) is 43.0 Å². The van der Waals surface area contributed by atoms with E-state index in [0.717, 1.165) is 11.1 Å². The molecule has 0 aliphatic rings. The molecule has 0 amide bonds. The summed E-state index contributed by atoms with van der Waals surface area (Å²) in [7, 11) is 0. The van der Waals surface area contributed by atoms with E-state index < -0.39 is 11.9 Å². The number of hydrogen-bond donors (Lipinski definition) is 2. The second kappa shape index (κ2) is 6.12. The monoisotopic (exact) mass is 314 g/mol. The summed E-state index contributed by atoms with van der Waals surface area (Å²) < 4.78 is 5.76. The van der Waals surface area contributed by atoms with E-state index in [2.05, 4.69) is 0 Å². The maximum Gasteiger partial charge on any atom is 0.339 e. The van der Waals surface area contributed by atoms with Gasteiger partial charge in [-0.3, -0.25) is 0 Å². The maximum absolute atomic E-state index is 11.6. The average Bonchev–Trinajstić information content (AvgIpc) is 2.35. The Balaban J connectivity index is 2.62. The number of rotatable bonds is 4. The van der Waals surface area contributed by atoms with Gasteiger partial charge in [-0.2, -0.15) is 0 Å². The molecule has 0 aliphatic carbocycles. The van der Waals surface area contributed by atoms with E-state index in [-0.39, 0.29) is 22.4 Å². The summed E-state index contributed by atoms with van der Waals surface area (Å²) in [5, 5.41) is 18.7. The number of hydrogen-bond acceptors (Lipinski definition) is 3. The number of carbonyl (C=O) groups is 2. The molecule has 0 aromatic heterocycles. The van der Waals surface area contributed by atoms with Crippen molar-refractivity contribution in [2.24, 2.45) is 0 Å². The molecular weight excluding hydrogens is 296 g/mol. The largest absolute Gasteiger partial charge is 0.478 e. The predicted molar refractivity (Wildman–Crippen MR) is 85.8 cm³/mol. The summed E-state index contributed by atoms with van der Waals surface area (Å²) in [6.07, 6.45) is 0. The van der Waals surface area contributed by atoms with Crippen molar-refractivity contribution in [3.8, 4) is 11.5 Å². The third-order valence-corrected chi connectivity index (χ3v) is 3.59. The van der Waals surface area contributed by atoms with E-state index in [0.29, 0.717) is 11.3 Å². The minimum Gasteiger partial charge on any atom is -0.478 e. The molecule has 5 nitrogen and oxygen atoms in total. The van der Waals surface area contributed by atoms with Gasteiger partial charge in [0.05, 0.1) is 5.56 Å². The Hall–Kier alpha value is -2.82. The van der Waals surface area contributed by atoms with Gasteiger partial charge in [-0.1, -0.05) is 6.07 Å². The van der Waals surface area contributed by atoms with Crippen molar-refractivity contribution in [2.45, 2.75) is 27.7 Å². The summed E-state index contributed by atoms with van der Waals surface area (Å²) in [6.45, 7) is 6.94.